The molecule has 0 radical (unpaired) electrons. The van der Waals surface area contributed by atoms with Crippen molar-refractivity contribution in [2.24, 2.45) is 0 Å². The summed E-state index contributed by atoms with van der Waals surface area (Å²) >= 11 is -18.5. The van der Waals surface area contributed by atoms with Gasteiger partial charge in [-0.1, -0.05) is 0 Å². The van der Waals surface area contributed by atoms with Gasteiger partial charge in [0.15, 0.2) is 0 Å². The van der Waals surface area contributed by atoms with Crippen molar-refractivity contribution in [3.8, 4) is 0 Å². The first-order valence-electron chi connectivity index (χ1n) is 2.00. The predicted molar refractivity (Wildman–Crippen MR) is 4.12 cm³/mol. The zero-order valence-electron chi connectivity index (χ0n) is 7.57. The zero-order chi connectivity index (χ0) is 13.5. The van der Waals surface area contributed by atoms with Crippen molar-refractivity contribution in [1.29, 1.82) is 0 Å². The molecule has 0 aromatic rings. The van der Waals surface area contributed by atoms with E-state index in [9.17, 15) is 0 Å². The van der Waals surface area contributed by atoms with Crippen LogP contribution in [0.25, 0.3) is 0 Å². The van der Waals surface area contributed by atoms with Gasteiger partial charge in [0.2, 0.25) is 0 Å². The van der Waals surface area contributed by atoms with Gasteiger partial charge in [-0.05, 0) is 0 Å². The number of hydrogen-bond acceptors (Lipinski definition) is 12. The topological polar surface area (TPSA) is 241 Å². The quantitative estimate of drug-likeness (QED) is 0.220. The molecule has 0 amide bonds. The van der Waals surface area contributed by atoms with Crippen molar-refractivity contribution in [1.82, 2.24) is 0 Å². The maximum atomic E-state index is 8.65. The average molecular weight is 1010 g/mol. The second-order valence-corrected chi connectivity index (χ2v) is 10.0. The zero-order valence-corrected chi connectivity index (χ0v) is 24.5. The van der Waals surface area contributed by atoms with Crippen LogP contribution >= 0.6 is 0 Å². The molecule has 0 aromatic carbocycles. The Morgan fingerprint density at radius 3 is 0.471 bits per heavy atom. The van der Waals surface area contributed by atoms with Crippen molar-refractivity contribution in [2.45, 2.75) is 0 Å². The van der Waals surface area contributed by atoms with Crippen LogP contribution in [0.4, 0.5) is 0 Å². The van der Waals surface area contributed by atoms with E-state index in [1.165, 1.54) is 0 Å². The minimum absolute atomic E-state index is 0. The number of rotatable bonds is 0. The van der Waals surface area contributed by atoms with Gasteiger partial charge in [-0.2, -0.15) is 0 Å². The van der Waals surface area contributed by atoms with Gasteiger partial charge >= 0.3 is 174 Å². The molecular formula is O12RbTaW3. The summed E-state index contributed by atoms with van der Waals surface area (Å²) < 4.78 is 104. The normalized spacial score (nSPS) is 10.2. The Kier molecular flexibility index (Phi) is 26.8. The number of hydrogen-bond donors (Lipinski definition) is 0. The Morgan fingerprint density at radius 2 is 0.471 bits per heavy atom. The van der Waals surface area contributed by atoms with Gasteiger partial charge in [-0.3, -0.25) is 0 Å². The van der Waals surface area contributed by atoms with E-state index in [2.05, 4.69) is 0 Å². The van der Waals surface area contributed by atoms with E-state index >= 15 is 0 Å². The summed E-state index contributed by atoms with van der Waals surface area (Å²) in [7, 11) is 0. The minimum Gasteiger partial charge on any atom is 1.00 e. The van der Waals surface area contributed by atoms with Gasteiger partial charge < -0.3 is 0 Å². The van der Waals surface area contributed by atoms with Crippen LogP contribution in [-0.2, 0) is 93.0 Å². The first kappa shape index (κ1) is 32.2. The van der Waals surface area contributed by atoms with Crippen LogP contribution in [0.2, 0.25) is 0 Å². The van der Waals surface area contributed by atoms with Crippen LogP contribution in [0, 0.1) is 0 Å². The van der Waals surface area contributed by atoms with Crippen molar-refractivity contribution in [3.05, 3.63) is 0 Å². The summed E-state index contributed by atoms with van der Waals surface area (Å²) in [6, 6.07) is 0. The first-order valence-corrected chi connectivity index (χ1v) is 16.4. The molecule has 0 N–H and O–H groups in total. The fraction of sp³-hybridized carbons (Fsp3) is 0. The van der Waals surface area contributed by atoms with E-state index in [0.717, 1.165) is 0 Å². The second-order valence-electron chi connectivity index (χ2n) is 1.22. The standard InChI is InChI=1S/12O.Rb.Ta.3W/q;;;;;;6*-1;+1;+5;;;. The SMILES string of the molecule is [O]=[W](=[O])([O-])[O-].[O]=[W](=[O])([O-])[O-].[O]=[W](=[O])([O-])[O-].[Rb+].[Ta+5]. The summed E-state index contributed by atoms with van der Waals surface area (Å²) in [5.74, 6) is 0. The molecule has 17 heteroatoms. The van der Waals surface area contributed by atoms with Crippen LogP contribution in [0.15, 0.2) is 0 Å². The molecule has 0 aromatic heterocycles. The smallest absolute Gasteiger partial charge is 1.00 e. The average Bonchev–Trinajstić information content (AvgIpc) is 1.41. The molecule has 0 unspecified atom stereocenters. The molecule has 0 heterocycles. The molecule has 12 nitrogen and oxygen atoms in total. The molecule has 0 aliphatic rings. The summed E-state index contributed by atoms with van der Waals surface area (Å²) in [5, 5.41) is 0. The monoisotopic (exact) mass is 1010 g/mol. The van der Waals surface area contributed by atoms with Gasteiger partial charge in [-0.25, -0.2) is 0 Å². The van der Waals surface area contributed by atoms with Crippen molar-refractivity contribution in [2.75, 3.05) is 0 Å². The molecule has 0 bridgehead atoms. The molecule has 0 fully saturated rings. The van der Waals surface area contributed by atoms with Gasteiger partial charge in [-0.15, -0.1) is 0 Å². The Labute approximate surface area is 170 Å². The predicted octanol–water partition coefficient (Wildman–Crippen LogP) is -10.9. The first-order chi connectivity index (χ1) is 6.00. The molecule has 96 valence electrons. The van der Waals surface area contributed by atoms with E-state index in [4.69, 9.17) is 42.9 Å². The Bertz CT molecular complexity index is 343. The van der Waals surface area contributed by atoms with Crippen molar-refractivity contribution in [3.63, 3.8) is 0 Å². The third kappa shape index (κ3) is 562. The van der Waals surface area contributed by atoms with E-state index in [-0.39, 0.29) is 80.6 Å². The van der Waals surface area contributed by atoms with E-state index in [0.29, 0.717) is 0 Å². The molecule has 17 heavy (non-hydrogen) atoms. The maximum Gasteiger partial charge on any atom is 5.00 e. The third-order valence-corrected chi connectivity index (χ3v) is 0. The van der Waals surface area contributed by atoms with E-state index < -0.39 is 50.2 Å². The van der Waals surface area contributed by atoms with Gasteiger partial charge in [0.1, 0.15) is 0 Å². The summed E-state index contributed by atoms with van der Waals surface area (Å²) in [6.45, 7) is 0. The summed E-state index contributed by atoms with van der Waals surface area (Å²) in [6.07, 6.45) is 0. The van der Waals surface area contributed by atoms with Gasteiger partial charge in [0.05, 0.1) is 0 Å². The second kappa shape index (κ2) is 14.1. The van der Waals surface area contributed by atoms with Crippen molar-refractivity contribution < 1.29 is 174 Å². The minimum atomic E-state index is -6.17. The Hall–Kier alpha value is 3.17. The molecule has 0 saturated carbocycles. The summed E-state index contributed by atoms with van der Waals surface area (Å²) in [5.41, 5.74) is 0. The van der Waals surface area contributed by atoms with Gasteiger partial charge in [0, 0.05) is 0 Å². The Balaban J connectivity index is -0.0000000400. The van der Waals surface area contributed by atoms with E-state index in [1.807, 2.05) is 0 Å². The van der Waals surface area contributed by atoms with Crippen LogP contribution in [-0.4, -0.2) is 0 Å². The molecule has 0 rings (SSSR count). The van der Waals surface area contributed by atoms with Crippen LogP contribution in [0.5, 0.6) is 0 Å². The molecule has 0 aliphatic carbocycles. The van der Waals surface area contributed by atoms with Crippen LogP contribution < -0.4 is 80.7 Å². The van der Waals surface area contributed by atoms with E-state index in [1.54, 1.807) is 0 Å². The fourth-order valence-corrected chi connectivity index (χ4v) is 0. The molecule has 0 aliphatic heterocycles. The van der Waals surface area contributed by atoms with Crippen molar-refractivity contribution >= 4 is 0 Å². The molecule has 0 atom stereocenters. The van der Waals surface area contributed by atoms with Crippen LogP contribution in [0.1, 0.15) is 0 Å². The Morgan fingerprint density at radius 1 is 0.471 bits per heavy atom. The van der Waals surface area contributed by atoms with Crippen LogP contribution in [0.3, 0.4) is 0 Å². The maximum absolute atomic E-state index is 8.65. The molecular weight excluding hydrogens is 1010 g/mol. The molecule has 0 spiro atoms. The third-order valence-electron chi connectivity index (χ3n) is 0. The van der Waals surface area contributed by atoms with Gasteiger partial charge in [0.25, 0.3) is 0 Å². The molecule has 0 saturated heterocycles. The fourth-order valence-electron chi connectivity index (χ4n) is 0. The summed E-state index contributed by atoms with van der Waals surface area (Å²) in [4.78, 5) is 0. The largest absolute Gasteiger partial charge is 5.00 e.